The second-order valence-corrected chi connectivity index (χ2v) is 5.59. The topological polar surface area (TPSA) is 75.9 Å². The first-order chi connectivity index (χ1) is 11.7. The van der Waals surface area contributed by atoms with Gasteiger partial charge in [-0.1, -0.05) is 6.92 Å². The Hall–Kier alpha value is -2.89. The molecule has 6 heteroatoms. The number of pyridine rings is 1. The van der Waals surface area contributed by atoms with E-state index < -0.39 is 0 Å². The third-order valence-electron chi connectivity index (χ3n) is 3.70. The second kappa shape index (κ2) is 7.59. The lowest BCUT2D eigenvalue weighted by atomic mass is 10.2. The molecule has 0 radical (unpaired) electrons. The number of nitrogens with one attached hydrogen (secondary N) is 2. The summed E-state index contributed by atoms with van der Waals surface area (Å²) in [6, 6.07) is 9.89. The fourth-order valence-corrected chi connectivity index (χ4v) is 2.18. The smallest absolute Gasteiger partial charge is 0.225 e. The summed E-state index contributed by atoms with van der Waals surface area (Å²) < 4.78 is 5.35. The minimum Gasteiger partial charge on any atom is -0.467 e. The summed E-state index contributed by atoms with van der Waals surface area (Å²) in [6.45, 7) is 4.80. The predicted molar refractivity (Wildman–Crippen MR) is 94.7 cm³/mol. The molecule has 0 unspecified atom stereocenters. The maximum Gasteiger partial charge on any atom is 0.225 e. The molecule has 3 heterocycles. The Morgan fingerprint density at radius 1 is 1.21 bits per heavy atom. The molecule has 0 aliphatic rings. The van der Waals surface area contributed by atoms with Gasteiger partial charge in [-0.3, -0.25) is 4.98 Å². The number of anilines is 2. The number of hydrogen-bond acceptors (Lipinski definition) is 6. The van der Waals surface area contributed by atoms with Crippen LogP contribution in [0.15, 0.2) is 53.4 Å². The first-order valence-electron chi connectivity index (χ1n) is 8.07. The molecule has 0 bridgehead atoms. The summed E-state index contributed by atoms with van der Waals surface area (Å²) in [5.74, 6) is 2.20. The fourth-order valence-electron chi connectivity index (χ4n) is 2.18. The van der Waals surface area contributed by atoms with Crippen molar-refractivity contribution >= 4 is 11.8 Å². The summed E-state index contributed by atoms with van der Waals surface area (Å²) in [5.41, 5.74) is 1.78. The molecule has 6 nitrogen and oxygen atoms in total. The molecule has 0 spiro atoms. The van der Waals surface area contributed by atoms with Gasteiger partial charge in [-0.2, -0.15) is 4.98 Å². The molecule has 3 rings (SSSR count). The summed E-state index contributed by atoms with van der Waals surface area (Å²) in [4.78, 5) is 13.3. The van der Waals surface area contributed by atoms with Gasteiger partial charge < -0.3 is 15.1 Å². The van der Waals surface area contributed by atoms with Crippen LogP contribution in [0, 0.1) is 0 Å². The minimum atomic E-state index is 0.298. The van der Waals surface area contributed by atoms with Gasteiger partial charge in [0.05, 0.1) is 18.5 Å². The molecule has 124 valence electrons. The molecule has 24 heavy (non-hydrogen) atoms. The predicted octanol–water partition coefficient (Wildman–Crippen LogP) is 3.95. The van der Waals surface area contributed by atoms with Crippen molar-refractivity contribution in [2.45, 2.75) is 32.9 Å². The number of aromatic nitrogens is 3. The highest BCUT2D eigenvalue weighted by atomic mass is 16.3. The van der Waals surface area contributed by atoms with Gasteiger partial charge in [-0.25, -0.2) is 4.98 Å². The number of rotatable bonds is 7. The van der Waals surface area contributed by atoms with Crippen LogP contribution < -0.4 is 10.6 Å². The van der Waals surface area contributed by atoms with E-state index in [9.17, 15) is 0 Å². The van der Waals surface area contributed by atoms with E-state index in [-0.39, 0.29) is 0 Å². The normalized spacial score (nSPS) is 11.9. The van der Waals surface area contributed by atoms with Crippen LogP contribution in [-0.2, 0) is 6.54 Å². The Labute approximate surface area is 141 Å². The molecule has 0 aromatic carbocycles. The van der Waals surface area contributed by atoms with Crippen LogP contribution in [0.2, 0.25) is 0 Å². The largest absolute Gasteiger partial charge is 0.467 e. The van der Waals surface area contributed by atoms with Gasteiger partial charge in [0.25, 0.3) is 0 Å². The lowest BCUT2D eigenvalue weighted by Gasteiger charge is -2.14. The van der Waals surface area contributed by atoms with E-state index in [0.717, 1.165) is 29.3 Å². The quantitative estimate of drug-likeness (QED) is 0.685. The number of furan rings is 1. The third-order valence-corrected chi connectivity index (χ3v) is 3.70. The highest BCUT2D eigenvalue weighted by molar-refractivity contribution is 5.63. The third kappa shape index (κ3) is 4.10. The molecule has 0 fully saturated rings. The molecule has 1 atom stereocenters. The van der Waals surface area contributed by atoms with Gasteiger partial charge in [0, 0.05) is 30.1 Å². The van der Waals surface area contributed by atoms with Crippen LogP contribution in [0.5, 0.6) is 0 Å². The van der Waals surface area contributed by atoms with Crippen LogP contribution in [0.4, 0.5) is 11.8 Å². The first kappa shape index (κ1) is 16.0. The zero-order valence-electron chi connectivity index (χ0n) is 13.9. The highest BCUT2D eigenvalue weighted by Gasteiger charge is 2.09. The Morgan fingerprint density at radius 3 is 2.83 bits per heavy atom. The average molecular weight is 323 g/mol. The number of hydrogen-bond donors (Lipinski definition) is 2. The molecule has 0 aliphatic carbocycles. The number of nitrogens with zero attached hydrogens (tertiary/aromatic N) is 3. The van der Waals surface area contributed by atoms with Gasteiger partial charge in [-0.05, 0) is 37.6 Å². The van der Waals surface area contributed by atoms with Crippen LogP contribution in [0.3, 0.4) is 0 Å². The molecule has 0 saturated heterocycles. The molecule has 0 aliphatic heterocycles. The van der Waals surface area contributed by atoms with Crippen molar-refractivity contribution in [3.8, 4) is 11.3 Å². The maximum atomic E-state index is 5.35. The van der Waals surface area contributed by atoms with Crippen LogP contribution >= 0.6 is 0 Å². The van der Waals surface area contributed by atoms with Gasteiger partial charge in [0.2, 0.25) is 5.95 Å². The maximum absolute atomic E-state index is 5.35. The van der Waals surface area contributed by atoms with Gasteiger partial charge in [-0.15, -0.1) is 0 Å². The van der Waals surface area contributed by atoms with Gasteiger partial charge >= 0.3 is 0 Å². The van der Waals surface area contributed by atoms with Crippen LogP contribution in [-0.4, -0.2) is 21.0 Å². The second-order valence-electron chi connectivity index (χ2n) is 5.59. The lowest BCUT2D eigenvalue weighted by molar-refractivity contribution is 0.518. The Balaban J connectivity index is 1.87. The SMILES string of the molecule is CC[C@@H](C)Nc1nc(NCc2ccco2)cc(-c2cccnc2)n1. The molecule has 0 amide bonds. The first-order valence-corrected chi connectivity index (χ1v) is 8.07. The molecular formula is C18H21N5O. The molecule has 0 saturated carbocycles. The van der Waals surface area contributed by atoms with E-state index in [1.54, 1.807) is 18.7 Å². The molecule has 3 aromatic heterocycles. The Kier molecular flexibility index (Phi) is 5.05. The van der Waals surface area contributed by atoms with Crippen molar-refractivity contribution in [1.29, 1.82) is 0 Å². The van der Waals surface area contributed by atoms with Crippen molar-refractivity contribution in [2.75, 3.05) is 10.6 Å². The van der Waals surface area contributed by atoms with Crippen molar-refractivity contribution in [1.82, 2.24) is 15.0 Å². The zero-order chi connectivity index (χ0) is 16.8. The van der Waals surface area contributed by atoms with E-state index in [4.69, 9.17) is 4.42 Å². The Bertz CT molecular complexity index is 758. The van der Waals surface area contributed by atoms with Crippen molar-refractivity contribution in [2.24, 2.45) is 0 Å². The van der Waals surface area contributed by atoms with Gasteiger partial charge in [0.15, 0.2) is 0 Å². The highest BCUT2D eigenvalue weighted by Crippen LogP contribution is 2.21. The monoisotopic (exact) mass is 323 g/mol. The fraction of sp³-hybridized carbons (Fsp3) is 0.278. The van der Waals surface area contributed by atoms with Gasteiger partial charge in [0.1, 0.15) is 11.6 Å². The molecule has 3 aromatic rings. The van der Waals surface area contributed by atoms with Crippen molar-refractivity contribution in [3.05, 3.63) is 54.7 Å². The summed E-state index contributed by atoms with van der Waals surface area (Å²) in [5, 5.41) is 6.61. The van der Waals surface area contributed by atoms with Crippen LogP contribution in [0.1, 0.15) is 26.0 Å². The van der Waals surface area contributed by atoms with Crippen molar-refractivity contribution < 1.29 is 4.42 Å². The van der Waals surface area contributed by atoms with E-state index in [0.29, 0.717) is 18.5 Å². The lowest BCUT2D eigenvalue weighted by Crippen LogP contribution is -2.16. The average Bonchev–Trinajstić information content (AvgIpc) is 3.14. The zero-order valence-corrected chi connectivity index (χ0v) is 13.9. The summed E-state index contributed by atoms with van der Waals surface area (Å²) in [6.07, 6.45) is 6.20. The van der Waals surface area contributed by atoms with E-state index in [1.807, 2.05) is 30.3 Å². The molecule has 2 N–H and O–H groups in total. The minimum absolute atomic E-state index is 0.298. The molecular weight excluding hydrogens is 302 g/mol. The Morgan fingerprint density at radius 2 is 2.12 bits per heavy atom. The van der Waals surface area contributed by atoms with Crippen LogP contribution in [0.25, 0.3) is 11.3 Å². The van der Waals surface area contributed by atoms with Crippen molar-refractivity contribution in [3.63, 3.8) is 0 Å². The summed E-state index contributed by atoms with van der Waals surface area (Å²) >= 11 is 0. The van der Waals surface area contributed by atoms with E-state index >= 15 is 0 Å². The van der Waals surface area contributed by atoms with E-state index in [1.165, 1.54) is 0 Å². The summed E-state index contributed by atoms with van der Waals surface area (Å²) in [7, 11) is 0. The van der Waals surface area contributed by atoms with E-state index in [2.05, 4.69) is 39.4 Å². The standard InChI is InChI=1S/C18H21N5O/c1-3-13(2)21-18-22-16(14-6-4-8-19-11-14)10-17(23-18)20-12-15-7-5-9-24-15/h4-11,13H,3,12H2,1-2H3,(H2,20,21,22,23)/t13-/m1/s1.